The van der Waals surface area contributed by atoms with Crippen molar-refractivity contribution in [3.63, 3.8) is 0 Å². The van der Waals surface area contributed by atoms with Gasteiger partial charge in [-0.2, -0.15) is 5.10 Å². The molecule has 0 fully saturated rings. The normalized spacial score (nSPS) is 19.1. The van der Waals surface area contributed by atoms with Gasteiger partial charge in [0.15, 0.2) is 0 Å². The molecule has 18 heavy (non-hydrogen) atoms. The maximum absolute atomic E-state index is 11.7. The highest BCUT2D eigenvalue weighted by Crippen LogP contribution is 2.34. The van der Waals surface area contributed by atoms with E-state index in [1.54, 1.807) is 22.6 Å². The lowest BCUT2D eigenvalue weighted by molar-refractivity contribution is -0.130. The molecule has 1 amide bonds. The summed E-state index contributed by atoms with van der Waals surface area (Å²) in [6.45, 7) is 1.54. The lowest BCUT2D eigenvalue weighted by atomic mass is 10.1. The molecule has 0 aromatic carbocycles. The summed E-state index contributed by atoms with van der Waals surface area (Å²) in [6.07, 6.45) is 2.32. The first-order chi connectivity index (χ1) is 8.75. The average molecular weight is 260 g/mol. The predicted octanol–water partition coefficient (Wildman–Crippen LogP) is 3.04. The molecule has 0 aliphatic carbocycles. The molecule has 5 heteroatoms. The molecule has 0 saturated carbocycles. The van der Waals surface area contributed by atoms with Crippen LogP contribution in [-0.2, 0) is 4.79 Å². The Bertz CT molecular complexity index is 572. The van der Waals surface area contributed by atoms with Crippen molar-refractivity contribution >= 4 is 23.0 Å². The topological polar surface area (TPSA) is 45.8 Å². The van der Waals surface area contributed by atoms with Gasteiger partial charge in [0.2, 0.25) is 5.91 Å². The standard InChI is InChI=1S/C13H12N2O2S/c1-9(16)15-11(13-5-3-7-18-13)8-10(14-15)12-4-2-6-17-12/h2-7,11H,8H2,1H3/t11-/m1/s1. The lowest BCUT2D eigenvalue weighted by Crippen LogP contribution is -2.23. The van der Waals surface area contributed by atoms with Gasteiger partial charge in [-0.05, 0) is 23.6 Å². The summed E-state index contributed by atoms with van der Waals surface area (Å²) in [4.78, 5) is 12.8. The van der Waals surface area contributed by atoms with E-state index < -0.39 is 0 Å². The predicted molar refractivity (Wildman–Crippen MR) is 69.4 cm³/mol. The van der Waals surface area contributed by atoms with Crippen molar-refractivity contribution in [2.24, 2.45) is 5.10 Å². The zero-order valence-corrected chi connectivity index (χ0v) is 10.7. The Morgan fingerprint density at radius 1 is 1.50 bits per heavy atom. The van der Waals surface area contributed by atoms with E-state index in [0.717, 1.165) is 16.3 Å². The second-order valence-corrected chi connectivity index (χ2v) is 5.10. The van der Waals surface area contributed by atoms with E-state index >= 15 is 0 Å². The third kappa shape index (κ3) is 1.86. The number of furan rings is 1. The van der Waals surface area contributed by atoms with E-state index in [1.807, 2.05) is 29.6 Å². The molecular formula is C13H12N2O2S. The zero-order chi connectivity index (χ0) is 12.5. The summed E-state index contributed by atoms with van der Waals surface area (Å²) in [6, 6.07) is 7.72. The Hall–Kier alpha value is -1.88. The van der Waals surface area contributed by atoms with E-state index in [2.05, 4.69) is 5.10 Å². The number of hydrazone groups is 1. The van der Waals surface area contributed by atoms with E-state index in [0.29, 0.717) is 6.42 Å². The van der Waals surface area contributed by atoms with Crippen LogP contribution in [0.1, 0.15) is 30.0 Å². The van der Waals surface area contributed by atoms with Crippen molar-refractivity contribution in [3.05, 3.63) is 46.5 Å². The van der Waals surface area contributed by atoms with Crippen LogP contribution in [0, 0.1) is 0 Å². The number of nitrogens with zero attached hydrogens (tertiary/aromatic N) is 2. The smallest absolute Gasteiger partial charge is 0.240 e. The summed E-state index contributed by atoms with van der Waals surface area (Å²) in [5.41, 5.74) is 0.827. The summed E-state index contributed by atoms with van der Waals surface area (Å²) in [5.74, 6) is 0.690. The highest BCUT2D eigenvalue weighted by molar-refractivity contribution is 7.10. The highest BCUT2D eigenvalue weighted by Gasteiger charge is 2.32. The Morgan fingerprint density at radius 3 is 3.00 bits per heavy atom. The Morgan fingerprint density at radius 2 is 2.39 bits per heavy atom. The van der Waals surface area contributed by atoms with E-state index in [9.17, 15) is 4.79 Å². The second-order valence-electron chi connectivity index (χ2n) is 4.12. The van der Waals surface area contributed by atoms with Crippen LogP contribution < -0.4 is 0 Å². The quantitative estimate of drug-likeness (QED) is 0.833. The molecule has 0 bridgehead atoms. The molecule has 0 spiro atoms. The molecule has 0 unspecified atom stereocenters. The fourth-order valence-corrected chi connectivity index (χ4v) is 2.91. The molecule has 2 aromatic heterocycles. The fraction of sp³-hybridized carbons (Fsp3) is 0.231. The lowest BCUT2D eigenvalue weighted by Gasteiger charge is -2.18. The molecule has 4 nitrogen and oxygen atoms in total. The molecule has 2 aromatic rings. The first-order valence-corrected chi connectivity index (χ1v) is 6.58. The van der Waals surface area contributed by atoms with Crippen LogP contribution in [-0.4, -0.2) is 16.6 Å². The molecular weight excluding hydrogens is 248 g/mol. The molecule has 1 aliphatic heterocycles. The Kier molecular flexibility index (Phi) is 2.76. The molecule has 0 N–H and O–H groups in total. The van der Waals surface area contributed by atoms with E-state index in [4.69, 9.17) is 4.42 Å². The number of carbonyl (C=O) groups is 1. The largest absolute Gasteiger partial charge is 0.463 e. The van der Waals surface area contributed by atoms with Crippen LogP contribution in [0.15, 0.2) is 45.4 Å². The number of hydrogen-bond acceptors (Lipinski definition) is 4. The Balaban J connectivity index is 1.93. The Labute approximate surface area is 109 Å². The van der Waals surface area contributed by atoms with Crippen molar-refractivity contribution < 1.29 is 9.21 Å². The molecule has 92 valence electrons. The number of amides is 1. The zero-order valence-electron chi connectivity index (χ0n) is 9.87. The van der Waals surface area contributed by atoms with Gasteiger partial charge >= 0.3 is 0 Å². The van der Waals surface area contributed by atoms with Gasteiger partial charge in [-0.3, -0.25) is 4.79 Å². The third-order valence-corrected chi connectivity index (χ3v) is 3.88. The molecule has 1 aliphatic rings. The number of carbonyl (C=O) groups excluding carboxylic acids is 1. The first kappa shape index (κ1) is 11.2. The van der Waals surface area contributed by atoms with Crippen LogP contribution in [0.5, 0.6) is 0 Å². The van der Waals surface area contributed by atoms with Crippen LogP contribution in [0.2, 0.25) is 0 Å². The minimum atomic E-state index is -0.0463. The van der Waals surface area contributed by atoms with Gasteiger partial charge in [0.05, 0.1) is 12.3 Å². The monoisotopic (exact) mass is 260 g/mol. The van der Waals surface area contributed by atoms with Crippen molar-refractivity contribution in [3.8, 4) is 0 Å². The number of thiophene rings is 1. The summed E-state index contributed by atoms with van der Waals surface area (Å²) >= 11 is 1.64. The van der Waals surface area contributed by atoms with Gasteiger partial charge in [0.1, 0.15) is 11.5 Å². The van der Waals surface area contributed by atoms with Crippen LogP contribution in [0.3, 0.4) is 0 Å². The summed E-state index contributed by atoms with van der Waals surface area (Å²) in [7, 11) is 0. The molecule has 3 rings (SSSR count). The maximum Gasteiger partial charge on any atom is 0.240 e. The van der Waals surface area contributed by atoms with E-state index in [-0.39, 0.29) is 11.9 Å². The summed E-state index contributed by atoms with van der Waals surface area (Å²) in [5, 5.41) is 7.94. The van der Waals surface area contributed by atoms with Crippen molar-refractivity contribution in [2.75, 3.05) is 0 Å². The third-order valence-electron chi connectivity index (χ3n) is 2.91. The molecule has 3 heterocycles. The average Bonchev–Trinajstić information content (AvgIpc) is 3.10. The minimum Gasteiger partial charge on any atom is -0.463 e. The van der Waals surface area contributed by atoms with Crippen molar-refractivity contribution in [1.82, 2.24) is 5.01 Å². The van der Waals surface area contributed by atoms with Gasteiger partial charge < -0.3 is 4.42 Å². The van der Waals surface area contributed by atoms with Gasteiger partial charge in [-0.15, -0.1) is 11.3 Å². The van der Waals surface area contributed by atoms with Gasteiger partial charge in [-0.25, -0.2) is 5.01 Å². The molecule has 1 atom stereocenters. The number of rotatable bonds is 2. The van der Waals surface area contributed by atoms with Gasteiger partial charge in [0.25, 0.3) is 0 Å². The van der Waals surface area contributed by atoms with Crippen LogP contribution >= 0.6 is 11.3 Å². The minimum absolute atomic E-state index is 0.00241. The van der Waals surface area contributed by atoms with Crippen molar-refractivity contribution in [2.45, 2.75) is 19.4 Å². The summed E-state index contributed by atoms with van der Waals surface area (Å²) < 4.78 is 5.35. The fourth-order valence-electron chi connectivity index (χ4n) is 2.09. The maximum atomic E-state index is 11.7. The highest BCUT2D eigenvalue weighted by atomic mass is 32.1. The van der Waals surface area contributed by atoms with E-state index in [1.165, 1.54) is 6.92 Å². The SMILES string of the molecule is CC(=O)N1N=C(c2ccco2)C[C@@H]1c1cccs1. The molecule has 0 saturated heterocycles. The van der Waals surface area contributed by atoms with Gasteiger partial charge in [0, 0.05) is 18.2 Å². The van der Waals surface area contributed by atoms with Crippen molar-refractivity contribution in [1.29, 1.82) is 0 Å². The second kappa shape index (κ2) is 4.42. The first-order valence-electron chi connectivity index (χ1n) is 5.70. The van der Waals surface area contributed by atoms with Crippen LogP contribution in [0.4, 0.5) is 0 Å². The van der Waals surface area contributed by atoms with Crippen LogP contribution in [0.25, 0.3) is 0 Å². The van der Waals surface area contributed by atoms with Gasteiger partial charge in [-0.1, -0.05) is 6.07 Å². The molecule has 0 radical (unpaired) electrons. The number of hydrogen-bond donors (Lipinski definition) is 0.